The molecule has 0 aromatic rings. The second-order valence-electron chi connectivity index (χ2n) is 1.86. The molecule has 1 radical (unpaired) electrons. The molecule has 0 saturated heterocycles. The van der Waals surface area contributed by atoms with E-state index < -0.39 is 11.3 Å². The van der Waals surface area contributed by atoms with Gasteiger partial charge in [-0.25, -0.2) is 0 Å². The fourth-order valence-electron chi connectivity index (χ4n) is 0.450. The van der Waals surface area contributed by atoms with E-state index in [4.69, 9.17) is 11.0 Å². The standard InChI is InChI=1S/C5H5N2O/c6-3-5(1-2-5)4(7)8/h1H,2H2,(H2,7,8). The first-order valence-corrected chi connectivity index (χ1v) is 2.27. The number of carbonyl (C=O) groups excluding carboxylic acids is 1. The molecule has 0 spiro atoms. The summed E-state index contributed by atoms with van der Waals surface area (Å²) in [6.45, 7) is 0. The van der Waals surface area contributed by atoms with Gasteiger partial charge < -0.3 is 5.73 Å². The topological polar surface area (TPSA) is 66.9 Å². The molecule has 0 aromatic carbocycles. The number of hydrogen-bond acceptors (Lipinski definition) is 2. The Bertz CT molecular complexity index is 164. The van der Waals surface area contributed by atoms with Gasteiger partial charge in [0.2, 0.25) is 5.91 Å². The minimum atomic E-state index is -0.889. The Morgan fingerprint density at radius 3 is 2.50 bits per heavy atom. The number of carbonyl (C=O) groups is 1. The van der Waals surface area contributed by atoms with E-state index >= 15 is 0 Å². The minimum Gasteiger partial charge on any atom is -0.368 e. The molecule has 1 unspecified atom stereocenters. The van der Waals surface area contributed by atoms with Crippen LogP contribution in [0.25, 0.3) is 0 Å². The summed E-state index contributed by atoms with van der Waals surface area (Å²) in [5, 5.41) is 8.24. The van der Waals surface area contributed by atoms with Crippen molar-refractivity contribution >= 4 is 5.91 Å². The average molecular weight is 109 g/mol. The van der Waals surface area contributed by atoms with Crippen LogP contribution in [0.2, 0.25) is 0 Å². The van der Waals surface area contributed by atoms with Gasteiger partial charge in [-0.3, -0.25) is 4.79 Å². The first-order chi connectivity index (χ1) is 3.71. The molecule has 0 heterocycles. The van der Waals surface area contributed by atoms with E-state index in [-0.39, 0.29) is 0 Å². The summed E-state index contributed by atoms with van der Waals surface area (Å²) in [6.07, 6.45) is 2.13. The van der Waals surface area contributed by atoms with E-state index in [1.165, 1.54) is 0 Å². The molecule has 3 heteroatoms. The molecular formula is C5H5N2O. The zero-order valence-corrected chi connectivity index (χ0v) is 4.22. The number of nitrogens with two attached hydrogens (primary N) is 1. The van der Waals surface area contributed by atoms with E-state index in [0.29, 0.717) is 6.42 Å². The van der Waals surface area contributed by atoms with E-state index in [1.54, 1.807) is 6.42 Å². The molecule has 8 heavy (non-hydrogen) atoms. The first-order valence-electron chi connectivity index (χ1n) is 2.27. The molecular weight excluding hydrogens is 104 g/mol. The van der Waals surface area contributed by atoms with Gasteiger partial charge in [-0.2, -0.15) is 5.26 Å². The quantitative estimate of drug-likeness (QED) is 0.497. The first kappa shape index (κ1) is 5.10. The van der Waals surface area contributed by atoms with Crippen LogP contribution >= 0.6 is 0 Å². The van der Waals surface area contributed by atoms with Gasteiger partial charge in [-0.15, -0.1) is 0 Å². The van der Waals surface area contributed by atoms with Crippen LogP contribution < -0.4 is 5.73 Å². The molecule has 3 nitrogen and oxygen atoms in total. The molecule has 1 rings (SSSR count). The monoisotopic (exact) mass is 109 g/mol. The molecule has 1 saturated carbocycles. The maximum Gasteiger partial charge on any atom is 0.238 e. The molecule has 1 amide bonds. The molecule has 0 bridgehead atoms. The van der Waals surface area contributed by atoms with Crippen molar-refractivity contribution in [3.63, 3.8) is 0 Å². The summed E-state index contributed by atoms with van der Waals surface area (Å²) in [4.78, 5) is 10.3. The van der Waals surface area contributed by atoms with Gasteiger partial charge in [-0.05, 0) is 12.8 Å². The van der Waals surface area contributed by atoms with Gasteiger partial charge in [0, 0.05) is 0 Å². The number of nitriles is 1. The maximum atomic E-state index is 10.3. The molecule has 1 fully saturated rings. The van der Waals surface area contributed by atoms with Crippen molar-refractivity contribution in [1.29, 1.82) is 5.26 Å². The summed E-state index contributed by atoms with van der Waals surface area (Å²) in [6, 6.07) is 1.82. The number of hydrogen-bond donors (Lipinski definition) is 1. The zero-order valence-electron chi connectivity index (χ0n) is 4.22. The molecule has 0 aromatic heterocycles. The van der Waals surface area contributed by atoms with Gasteiger partial charge in [-0.1, -0.05) is 0 Å². The third kappa shape index (κ3) is 0.463. The van der Waals surface area contributed by atoms with Gasteiger partial charge in [0.15, 0.2) is 0 Å². The molecule has 1 aliphatic rings. The van der Waals surface area contributed by atoms with Gasteiger partial charge in [0.25, 0.3) is 0 Å². The average Bonchev–Trinajstić information content (AvgIpc) is 2.44. The van der Waals surface area contributed by atoms with Crippen LogP contribution in [0.15, 0.2) is 0 Å². The fourth-order valence-corrected chi connectivity index (χ4v) is 0.450. The van der Waals surface area contributed by atoms with Gasteiger partial charge in [0.1, 0.15) is 5.41 Å². The van der Waals surface area contributed by atoms with E-state index in [1.807, 2.05) is 6.07 Å². The van der Waals surface area contributed by atoms with Crippen molar-refractivity contribution in [3.8, 4) is 6.07 Å². The van der Waals surface area contributed by atoms with Crippen molar-refractivity contribution in [3.05, 3.63) is 6.42 Å². The highest BCUT2D eigenvalue weighted by Crippen LogP contribution is 2.42. The smallest absolute Gasteiger partial charge is 0.238 e. The lowest BCUT2D eigenvalue weighted by Crippen LogP contribution is -2.22. The Morgan fingerprint density at radius 1 is 2.00 bits per heavy atom. The SMILES string of the molecule is N#CC1(C(N)=O)[CH]C1. The van der Waals surface area contributed by atoms with Crippen LogP contribution in [0.3, 0.4) is 0 Å². The van der Waals surface area contributed by atoms with E-state index in [0.717, 1.165) is 0 Å². The normalized spacial score (nSPS) is 21.4. The van der Waals surface area contributed by atoms with Crippen molar-refractivity contribution in [2.75, 3.05) is 0 Å². The van der Waals surface area contributed by atoms with Crippen LogP contribution in [0.1, 0.15) is 6.42 Å². The minimum absolute atomic E-state index is 0.527. The van der Waals surface area contributed by atoms with Crippen molar-refractivity contribution < 1.29 is 4.79 Å². The third-order valence-electron chi connectivity index (χ3n) is 1.25. The Balaban J connectivity index is 2.71. The highest BCUT2D eigenvalue weighted by molar-refractivity contribution is 5.89. The zero-order chi connectivity index (χ0) is 6.20. The highest BCUT2D eigenvalue weighted by Gasteiger charge is 2.49. The Morgan fingerprint density at radius 2 is 2.50 bits per heavy atom. The van der Waals surface area contributed by atoms with Crippen LogP contribution in [0.4, 0.5) is 0 Å². The molecule has 41 valence electrons. The lowest BCUT2D eigenvalue weighted by atomic mass is 10.1. The molecule has 2 N–H and O–H groups in total. The summed E-state index contributed by atoms with van der Waals surface area (Å²) in [7, 11) is 0. The molecule has 0 aliphatic heterocycles. The van der Waals surface area contributed by atoms with Gasteiger partial charge in [0.05, 0.1) is 6.07 Å². The Kier molecular flexibility index (Phi) is 0.779. The Labute approximate surface area is 47.1 Å². The van der Waals surface area contributed by atoms with E-state index in [9.17, 15) is 4.79 Å². The Hall–Kier alpha value is -1.04. The van der Waals surface area contributed by atoms with Crippen LogP contribution in [0.5, 0.6) is 0 Å². The molecule has 1 atom stereocenters. The van der Waals surface area contributed by atoms with Crippen molar-refractivity contribution in [1.82, 2.24) is 0 Å². The third-order valence-corrected chi connectivity index (χ3v) is 1.25. The van der Waals surface area contributed by atoms with Gasteiger partial charge >= 0.3 is 0 Å². The summed E-state index contributed by atoms with van der Waals surface area (Å²) >= 11 is 0. The second kappa shape index (κ2) is 1.22. The lowest BCUT2D eigenvalue weighted by Gasteiger charge is -1.92. The van der Waals surface area contributed by atoms with Crippen molar-refractivity contribution in [2.45, 2.75) is 6.42 Å². The number of primary amides is 1. The number of rotatable bonds is 1. The predicted molar refractivity (Wildman–Crippen MR) is 26.2 cm³/mol. The number of amides is 1. The largest absolute Gasteiger partial charge is 0.368 e. The molecule has 1 aliphatic carbocycles. The highest BCUT2D eigenvalue weighted by atomic mass is 16.1. The van der Waals surface area contributed by atoms with Crippen LogP contribution in [-0.2, 0) is 4.79 Å². The van der Waals surface area contributed by atoms with E-state index in [2.05, 4.69) is 0 Å². The maximum absolute atomic E-state index is 10.3. The number of nitrogens with zero attached hydrogens (tertiary/aromatic N) is 1. The lowest BCUT2D eigenvalue weighted by molar-refractivity contribution is -0.120. The van der Waals surface area contributed by atoms with Crippen LogP contribution in [0, 0.1) is 23.2 Å². The van der Waals surface area contributed by atoms with Crippen LogP contribution in [-0.4, -0.2) is 5.91 Å². The van der Waals surface area contributed by atoms with Crippen molar-refractivity contribution in [2.24, 2.45) is 11.1 Å². The predicted octanol–water partition coefficient (Wildman–Crippen LogP) is -0.410. The second-order valence-corrected chi connectivity index (χ2v) is 1.86. The fraction of sp³-hybridized carbons (Fsp3) is 0.400. The summed E-state index contributed by atoms with van der Waals surface area (Å²) in [5.41, 5.74) is 3.96. The summed E-state index contributed by atoms with van der Waals surface area (Å²) in [5.74, 6) is -0.528. The summed E-state index contributed by atoms with van der Waals surface area (Å²) < 4.78 is 0.